The molecule has 0 atom stereocenters. The monoisotopic (exact) mass is 387 g/mol. The van der Waals surface area contributed by atoms with Crippen LogP contribution in [0.1, 0.15) is 5.56 Å². The lowest BCUT2D eigenvalue weighted by molar-refractivity contribution is -0.0505. The Morgan fingerprint density at radius 3 is 2.68 bits per heavy atom. The van der Waals surface area contributed by atoms with Gasteiger partial charge in [-0.25, -0.2) is 0 Å². The van der Waals surface area contributed by atoms with Crippen molar-refractivity contribution >= 4 is 29.9 Å². The summed E-state index contributed by atoms with van der Waals surface area (Å²) in [5.41, 5.74) is 5.98. The second-order valence-corrected chi connectivity index (χ2v) is 3.31. The minimum Gasteiger partial charge on any atom is -0.497 e. The molecule has 0 heterocycles. The first kappa shape index (κ1) is 17.7. The first-order valence-electron chi connectivity index (χ1n) is 5.14. The molecule has 5 nitrogen and oxygen atoms in total. The molecule has 0 unspecified atom stereocenters. The Morgan fingerprint density at radius 1 is 1.47 bits per heavy atom. The van der Waals surface area contributed by atoms with Gasteiger partial charge in [0.1, 0.15) is 11.5 Å². The van der Waals surface area contributed by atoms with E-state index in [4.69, 9.17) is 10.5 Å². The van der Waals surface area contributed by atoms with E-state index in [2.05, 4.69) is 15.0 Å². The van der Waals surface area contributed by atoms with Crippen molar-refractivity contribution in [1.82, 2.24) is 5.32 Å². The number of benzene rings is 1. The highest BCUT2D eigenvalue weighted by molar-refractivity contribution is 14.0. The lowest BCUT2D eigenvalue weighted by Crippen LogP contribution is -2.30. The zero-order valence-electron chi connectivity index (χ0n) is 10.5. The summed E-state index contributed by atoms with van der Waals surface area (Å²) in [6.07, 6.45) is 0. The second kappa shape index (κ2) is 8.73. The van der Waals surface area contributed by atoms with Gasteiger partial charge in [-0.3, -0.25) is 4.99 Å². The number of alkyl halides is 2. The Morgan fingerprint density at radius 2 is 2.16 bits per heavy atom. The minimum atomic E-state index is -2.90. The van der Waals surface area contributed by atoms with Gasteiger partial charge >= 0.3 is 6.61 Å². The van der Waals surface area contributed by atoms with Crippen molar-refractivity contribution in [3.8, 4) is 11.5 Å². The lowest BCUT2D eigenvalue weighted by atomic mass is 10.2. The van der Waals surface area contributed by atoms with Gasteiger partial charge < -0.3 is 20.5 Å². The van der Waals surface area contributed by atoms with Gasteiger partial charge in [-0.05, 0) is 12.1 Å². The van der Waals surface area contributed by atoms with Crippen LogP contribution >= 0.6 is 24.0 Å². The topological polar surface area (TPSA) is 68.9 Å². The van der Waals surface area contributed by atoms with Crippen molar-refractivity contribution < 1.29 is 18.3 Å². The standard InChI is InChI=1S/C11H15F2N3O2.HI/c1-15-11(14)16-6-7-3-4-8(17-2)5-9(7)18-10(12)13;/h3-5,10H,6H2,1-2H3,(H3,14,15,16);1H. The molecule has 8 heteroatoms. The molecule has 0 radical (unpaired) electrons. The summed E-state index contributed by atoms with van der Waals surface area (Å²) in [5.74, 6) is 0.695. The SMILES string of the molecule is CN=C(N)NCc1ccc(OC)cc1OC(F)F.I. The summed E-state index contributed by atoms with van der Waals surface area (Å²) in [6.45, 7) is -2.66. The second-order valence-electron chi connectivity index (χ2n) is 3.31. The van der Waals surface area contributed by atoms with Crippen molar-refractivity contribution in [2.45, 2.75) is 13.2 Å². The third-order valence-corrected chi connectivity index (χ3v) is 2.19. The lowest BCUT2D eigenvalue weighted by Gasteiger charge is -2.13. The smallest absolute Gasteiger partial charge is 0.387 e. The molecule has 0 spiro atoms. The van der Waals surface area contributed by atoms with Crippen LogP contribution in [0.4, 0.5) is 8.78 Å². The van der Waals surface area contributed by atoms with Crippen molar-refractivity contribution in [3.63, 3.8) is 0 Å². The molecule has 0 aromatic heterocycles. The fourth-order valence-electron chi connectivity index (χ4n) is 1.28. The molecule has 1 aromatic rings. The average molecular weight is 387 g/mol. The zero-order chi connectivity index (χ0) is 13.5. The largest absolute Gasteiger partial charge is 0.497 e. The van der Waals surface area contributed by atoms with Crippen LogP contribution < -0.4 is 20.5 Å². The highest BCUT2D eigenvalue weighted by Gasteiger charge is 2.11. The first-order chi connectivity index (χ1) is 8.56. The number of hydrogen-bond acceptors (Lipinski definition) is 3. The third-order valence-electron chi connectivity index (χ3n) is 2.19. The minimum absolute atomic E-state index is 0. The van der Waals surface area contributed by atoms with Crippen molar-refractivity contribution in [2.75, 3.05) is 14.2 Å². The number of methoxy groups -OCH3 is 1. The van der Waals surface area contributed by atoms with E-state index in [1.807, 2.05) is 0 Å². The molecule has 0 amide bonds. The number of nitrogens with two attached hydrogens (primary N) is 1. The van der Waals surface area contributed by atoms with Crippen LogP contribution in [0.25, 0.3) is 0 Å². The van der Waals surface area contributed by atoms with Crippen LogP contribution in [0.2, 0.25) is 0 Å². The average Bonchev–Trinajstić information content (AvgIpc) is 2.36. The third kappa shape index (κ3) is 5.90. The van der Waals surface area contributed by atoms with Crippen molar-refractivity contribution in [2.24, 2.45) is 10.7 Å². The summed E-state index contributed by atoms with van der Waals surface area (Å²) < 4.78 is 33.9. The molecule has 0 saturated carbocycles. The molecule has 0 fully saturated rings. The molecular formula is C11H16F2IN3O2. The maximum absolute atomic E-state index is 12.3. The van der Waals surface area contributed by atoms with E-state index in [0.29, 0.717) is 11.3 Å². The van der Waals surface area contributed by atoms with E-state index in [0.717, 1.165) is 0 Å². The van der Waals surface area contributed by atoms with Crippen LogP contribution in [-0.4, -0.2) is 26.7 Å². The number of rotatable bonds is 5. The summed E-state index contributed by atoms with van der Waals surface area (Å²) in [7, 11) is 2.97. The fraction of sp³-hybridized carbons (Fsp3) is 0.364. The van der Waals surface area contributed by atoms with Gasteiger partial charge in [0, 0.05) is 25.2 Å². The summed E-state index contributed by atoms with van der Waals surface area (Å²) in [5, 5.41) is 2.76. The predicted octanol–water partition coefficient (Wildman–Crippen LogP) is 1.95. The number of halogens is 3. The Bertz CT molecular complexity index is 430. The number of ether oxygens (including phenoxy) is 2. The van der Waals surface area contributed by atoms with Crippen LogP contribution in [0.15, 0.2) is 23.2 Å². The Labute approximate surface area is 127 Å². The number of hydrogen-bond donors (Lipinski definition) is 2. The Hall–Kier alpha value is -1.32. The number of nitrogens with zero attached hydrogens (tertiary/aromatic N) is 1. The molecule has 0 saturated heterocycles. The number of nitrogens with one attached hydrogen (secondary N) is 1. The Kier molecular flexibility index (Phi) is 8.12. The van der Waals surface area contributed by atoms with E-state index < -0.39 is 6.61 Å². The summed E-state index contributed by atoms with van der Waals surface area (Å²) in [4.78, 5) is 3.70. The van der Waals surface area contributed by atoms with Crippen LogP contribution in [0, 0.1) is 0 Å². The van der Waals surface area contributed by atoms with E-state index in [1.54, 1.807) is 12.1 Å². The van der Waals surface area contributed by atoms with Gasteiger partial charge in [0.2, 0.25) is 0 Å². The van der Waals surface area contributed by atoms with E-state index in [-0.39, 0.29) is 42.2 Å². The normalized spacial score (nSPS) is 10.9. The van der Waals surface area contributed by atoms with Gasteiger partial charge in [-0.15, -0.1) is 24.0 Å². The predicted molar refractivity (Wildman–Crippen MR) is 79.4 cm³/mol. The molecule has 3 N–H and O–H groups in total. The summed E-state index contributed by atoms with van der Waals surface area (Å²) in [6, 6.07) is 4.66. The Balaban J connectivity index is 0.00000324. The number of aliphatic imine (C=N–C) groups is 1. The van der Waals surface area contributed by atoms with Gasteiger partial charge in [0.25, 0.3) is 0 Å². The van der Waals surface area contributed by atoms with Crippen LogP contribution in [0.3, 0.4) is 0 Å². The first-order valence-corrected chi connectivity index (χ1v) is 5.14. The van der Waals surface area contributed by atoms with E-state index >= 15 is 0 Å². The molecule has 1 aromatic carbocycles. The van der Waals surface area contributed by atoms with Crippen molar-refractivity contribution in [3.05, 3.63) is 23.8 Å². The van der Waals surface area contributed by atoms with Gasteiger partial charge in [-0.2, -0.15) is 8.78 Å². The van der Waals surface area contributed by atoms with Gasteiger partial charge in [0.15, 0.2) is 5.96 Å². The molecule has 0 aliphatic carbocycles. The molecule has 19 heavy (non-hydrogen) atoms. The summed E-state index contributed by atoms with van der Waals surface area (Å²) >= 11 is 0. The van der Waals surface area contributed by atoms with Gasteiger partial charge in [0.05, 0.1) is 7.11 Å². The molecule has 0 aliphatic heterocycles. The molecule has 0 bridgehead atoms. The van der Waals surface area contributed by atoms with Gasteiger partial charge in [-0.1, -0.05) is 0 Å². The van der Waals surface area contributed by atoms with E-state index in [1.165, 1.54) is 20.2 Å². The van der Waals surface area contributed by atoms with Crippen LogP contribution in [-0.2, 0) is 6.54 Å². The van der Waals surface area contributed by atoms with E-state index in [9.17, 15) is 8.78 Å². The molecule has 0 aliphatic rings. The zero-order valence-corrected chi connectivity index (χ0v) is 12.9. The maximum Gasteiger partial charge on any atom is 0.387 e. The molecule has 108 valence electrons. The number of guanidine groups is 1. The molecule has 1 rings (SSSR count). The fourth-order valence-corrected chi connectivity index (χ4v) is 1.28. The maximum atomic E-state index is 12.3. The van der Waals surface area contributed by atoms with Crippen LogP contribution in [0.5, 0.6) is 11.5 Å². The molecular weight excluding hydrogens is 371 g/mol. The van der Waals surface area contributed by atoms with Crippen molar-refractivity contribution in [1.29, 1.82) is 0 Å². The quantitative estimate of drug-likeness (QED) is 0.461. The highest BCUT2D eigenvalue weighted by Crippen LogP contribution is 2.26. The highest BCUT2D eigenvalue weighted by atomic mass is 127.